The van der Waals surface area contributed by atoms with Crippen molar-refractivity contribution in [1.82, 2.24) is 14.7 Å². The second-order valence-corrected chi connectivity index (χ2v) is 9.09. The predicted octanol–water partition coefficient (Wildman–Crippen LogP) is -0.737. The van der Waals surface area contributed by atoms with Gasteiger partial charge in [0.05, 0.1) is 44.4 Å². The van der Waals surface area contributed by atoms with Crippen LogP contribution in [0.1, 0.15) is 19.8 Å². The lowest BCUT2D eigenvalue weighted by Crippen LogP contribution is -2.57. The van der Waals surface area contributed by atoms with Gasteiger partial charge >= 0.3 is 5.97 Å². The quantitative estimate of drug-likeness (QED) is 0.332. The summed E-state index contributed by atoms with van der Waals surface area (Å²) in [6.07, 6.45) is 2.37. The number of β-amino-alcohol motifs (C(OH)–C–C–N with tert-alkyl or cyclic N) is 1. The van der Waals surface area contributed by atoms with Gasteiger partial charge in [-0.05, 0) is 19.8 Å². The van der Waals surface area contributed by atoms with E-state index in [1.807, 2.05) is 0 Å². The van der Waals surface area contributed by atoms with Gasteiger partial charge in [-0.25, -0.2) is 0 Å². The van der Waals surface area contributed by atoms with Crippen LogP contribution in [-0.4, -0.2) is 121 Å². The highest BCUT2D eigenvalue weighted by Gasteiger charge is 2.75. The second kappa shape index (κ2) is 10.1. The number of hydrogen-bond acceptors (Lipinski definition) is 8. The molecule has 4 saturated heterocycles. The molecule has 0 aliphatic carbocycles. The van der Waals surface area contributed by atoms with Crippen molar-refractivity contribution in [3.63, 3.8) is 0 Å². The summed E-state index contributed by atoms with van der Waals surface area (Å²) in [6.45, 7) is 9.96. The first kappa shape index (κ1) is 24.1. The highest BCUT2D eigenvalue weighted by atomic mass is 16.6. The van der Waals surface area contributed by atoms with Crippen LogP contribution < -0.4 is 0 Å². The standard InChI is InChI=1S/C23H35N3O7/c1-3-7-25(9-8-24-11-14-31-15-12-24)21(29)19-23-6-5-16(33-23)17(22(30)32-4-2)18(23)20(28)26(19)10-13-27/h3,16-19,27H,1,4-15H2,2H3/t16-,17+,18-,19?,23?/m0/s1. The third kappa shape index (κ3) is 4.18. The third-order valence-corrected chi connectivity index (χ3v) is 7.38. The first-order chi connectivity index (χ1) is 16.0. The minimum absolute atomic E-state index is 0.0163. The molecule has 0 aromatic carbocycles. The van der Waals surface area contributed by atoms with Crippen molar-refractivity contribution in [2.24, 2.45) is 11.8 Å². The zero-order chi connectivity index (χ0) is 23.6. The van der Waals surface area contributed by atoms with Gasteiger partial charge in [-0.3, -0.25) is 19.3 Å². The lowest BCUT2D eigenvalue weighted by Gasteiger charge is -2.37. The molecular formula is C23H35N3O7. The Labute approximate surface area is 194 Å². The molecule has 5 atom stereocenters. The lowest BCUT2D eigenvalue weighted by atomic mass is 9.70. The Balaban J connectivity index is 1.59. The molecule has 4 heterocycles. The number of likely N-dealkylation sites (tertiary alicyclic amines) is 1. The maximum absolute atomic E-state index is 13.9. The van der Waals surface area contributed by atoms with Crippen LogP contribution in [-0.2, 0) is 28.6 Å². The van der Waals surface area contributed by atoms with Crippen LogP contribution in [0.4, 0.5) is 0 Å². The van der Waals surface area contributed by atoms with Crippen molar-refractivity contribution in [3.05, 3.63) is 12.7 Å². The van der Waals surface area contributed by atoms with E-state index < -0.39 is 35.6 Å². The number of rotatable bonds is 10. The van der Waals surface area contributed by atoms with Crippen molar-refractivity contribution in [1.29, 1.82) is 0 Å². The van der Waals surface area contributed by atoms with Crippen LogP contribution in [0.15, 0.2) is 12.7 Å². The SMILES string of the molecule is C=CCN(CCN1CCOCC1)C(=O)C1N(CCO)C(=O)[C@@H]2[C@H](C(=O)OCC)[C@@H]3CCC12O3. The maximum Gasteiger partial charge on any atom is 0.312 e. The topological polar surface area (TPSA) is 109 Å². The molecule has 10 heteroatoms. The van der Waals surface area contributed by atoms with Crippen LogP contribution in [0, 0.1) is 11.8 Å². The summed E-state index contributed by atoms with van der Waals surface area (Å²) in [7, 11) is 0. The van der Waals surface area contributed by atoms with E-state index in [4.69, 9.17) is 14.2 Å². The van der Waals surface area contributed by atoms with Gasteiger partial charge < -0.3 is 29.1 Å². The van der Waals surface area contributed by atoms with Crippen LogP contribution >= 0.6 is 0 Å². The third-order valence-electron chi connectivity index (χ3n) is 7.38. The van der Waals surface area contributed by atoms with Crippen molar-refractivity contribution in [2.45, 2.75) is 37.5 Å². The highest BCUT2D eigenvalue weighted by molar-refractivity contribution is 5.98. The summed E-state index contributed by atoms with van der Waals surface area (Å²) >= 11 is 0. The summed E-state index contributed by atoms with van der Waals surface area (Å²) < 4.78 is 17.0. The van der Waals surface area contributed by atoms with Gasteiger partial charge in [0.15, 0.2) is 0 Å². The van der Waals surface area contributed by atoms with Crippen LogP contribution in [0.3, 0.4) is 0 Å². The number of carbonyl (C=O) groups is 3. The molecule has 10 nitrogen and oxygen atoms in total. The minimum atomic E-state index is -1.07. The molecule has 2 bridgehead atoms. The second-order valence-electron chi connectivity index (χ2n) is 9.09. The van der Waals surface area contributed by atoms with Gasteiger partial charge in [-0.1, -0.05) is 6.08 Å². The molecule has 4 aliphatic heterocycles. The number of hydrogen-bond donors (Lipinski definition) is 1. The number of esters is 1. The number of amides is 2. The number of nitrogens with zero attached hydrogens (tertiary/aromatic N) is 3. The average Bonchev–Trinajstić information content (AvgIpc) is 3.45. The average molecular weight is 466 g/mol. The van der Waals surface area contributed by atoms with Gasteiger partial charge in [0.1, 0.15) is 11.6 Å². The van der Waals surface area contributed by atoms with E-state index in [0.29, 0.717) is 45.7 Å². The Morgan fingerprint density at radius 2 is 2.09 bits per heavy atom. The number of aliphatic hydroxyl groups excluding tert-OH is 1. The molecule has 2 unspecified atom stereocenters. The van der Waals surface area contributed by atoms with Gasteiger partial charge in [0.25, 0.3) is 0 Å². The molecule has 4 fully saturated rings. The molecule has 1 spiro atoms. The van der Waals surface area contributed by atoms with E-state index in [9.17, 15) is 19.5 Å². The summed E-state index contributed by atoms with van der Waals surface area (Å²) in [5.41, 5.74) is -1.07. The molecule has 0 saturated carbocycles. The zero-order valence-electron chi connectivity index (χ0n) is 19.3. The Morgan fingerprint density at radius 3 is 2.76 bits per heavy atom. The fourth-order valence-electron chi connectivity index (χ4n) is 5.99. The van der Waals surface area contributed by atoms with E-state index in [1.54, 1.807) is 17.9 Å². The van der Waals surface area contributed by atoms with Crippen LogP contribution in [0.2, 0.25) is 0 Å². The Kier molecular flexibility index (Phi) is 7.37. The highest BCUT2D eigenvalue weighted by Crippen LogP contribution is 2.58. The lowest BCUT2D eigenvalue weighted by molar-refractivity contribution is -0.155. The number of morpholine rings is 1. The van der Waals surface area contributed by atoms with Gasteiger partial charge in [0, 0.05) is 39.3 Å². The first-order valence-corrected chi connectivity index (χ1v) is 11.9. The molecular weight excluding hydrogens is 430 g/mol. The molecule has 0 aromatic heterocycles. The van der Waals surface area contributed by atoms with Gasteiger partial charge in [-0.2, -0.15) is 0 Å². The van der Waals surface area contributed by atoms with Gasteiger partial charge in [0.2, 0.25) is 11.8 Å². The first-order valence-electron chi connectivity index (χ1n) is 11.9. The summed E-state index contributed by atoms with van der Waals surface area (Å²) in [4.78, 5) is 45.5. The van der Waals surface area contributed by atoms with Gasteiger partial charge in [-0.15, -0.1) is 6.58 Å². The van der Waals surface area contributed by atoms with Crippen molar-refractivity contribution in [3.8, 4) is 0 Å². The van der Waals surface area contributed by atoms with Crippen LogP contribution in [0.5, 0.6) is 0 Å². The van der Waals surface area contributed by atoms with E-state index in [1.165, 1.54) is 4.90 Å². The molecule has 33 heavy (non-hydrogen) atoms. The fourth-order valence-corrected chi connectivity index (χ4v) is 5.99. The smallest absolute Gasteiger partial charge is 0.312 e. The molecule has 1 N–H and O–H groups in total. The maximum atomic E-state index is 13.9. The number of carbonyl (C=O) groups excluding carboxylic acids is 3. The predicted molar refractivity (Wildman–Crippen MR) is 117 cm³/mol. The number of aliphatic hydroxyl groups is 1. The van der Waals surface area contributed by atoms with E-state index in [-0.39, 0.29) is 31.6 Å². The largest absolute Gasteiger partial charge is 0.466 e. The van der Waals surface area contributed by atoms with E-state index in [0.717, 1.165) is 13.1 Å². The summed E-state index contributed by atoms with van der Waals surface area (Å²) in [6, 6.07) is -0.879. The van der Waals surface area contributed by atoms with Crippen molar-refractivity contribution in [2.75, 3.05) is 65.7 Å². The van der Waals surface area contributed by atoms with E-state index in [2.05, 4.69) is 11.5 Å². The Morgan fingerprint density at radius 1 is 1.33 bits per heavy atom. The molecule has 0 radical (unpaired) electrons. The number of ether oxygens (including phenoxy) is 3. The fraction of sp³-hybridized carbons (Fsp3) is 0.783. The molecule has 4 aliphatic rings. The molecule has 184 valence electrons. The summed E-state index contributed by atoms with van der Waals surface area (Å²) in [5, 5.41) is 9.66. The molecule has 4 rings (SSSR count). The van der Waals surface area contributed by atoms with Crippen molar-refractivity contribution >= 4 is 17.8 Å². The zero-order valence-corrected chi connectivity index (χ0v) is 19.3. The monoisotopic (exact) mass is 465 g/mol. The number of fused-ring (bicyclic) bond motifs is 1. The Bertz CT molecular complexity index is 771. The van der Waals surface area contributed by atoms with Crippen LogP contribution in [0.25, 0.3) is 0 Å². The molecule has 0 aromatic rings. The van der Waals surface area contributed by atoms with E-state index >= 15 is 0 Å². The van der Waals surface area contributed by atoms with Crippen molar-refractivity contribution < 1.29 is 33.7 Å². The summed E-state index contributed by atoms with van der Waals surface area (Å²) in [5.74, 6) is -2.46. The Hall–Kier alpha value is -2.01. The normalized spacial score (nSPS) is 33.3. The minimum Gasteiger partial charge on any atom is -0.466 e. The molecule has 2 amide bonds.